The van der Waals surface area contributed by atoms with E-state index in [4.69, 9.17) is 0 Å². The van der Waals surface area contributed by atoms with E-state index in [1.165, 1.54) is 12.1 Å². The summed E-state index contributed by atoms with van der Waals surface area (Å²) in [4.78, 5) is 29.4. The van der Waals surface area contributed by atoms with Crippen LogP contribution in [0.1, 0.15) is 24.0 Å². The van der Waals surface area contributed by atoms with Crippen molar-refractivity contribution < 1.29 is 18.0 Å². The fraction of sp³-hybridized carbons (Fsp3) is 0.286. The number of aliphatic imine (C=N–C) groups is 1. The van der Waals surface area contributed by atoms with Gasteiger partial charge >= 0.3 is 0 Å². The van der Waals surface area contributed by atoms with Gasteiger partial charge < -0.3 is 16.0 Å². The quantitative estimate of drug-likeness (QED) is 0.404. The first-order valence-corrected chi connectivity index (χ1v) is 12.7. The van der Waals surface area contributed by atoms with Gasteiger partial charge in [0.2, 0.25) is 0 Å². The summed E-state index contributed by atoms with van der Waals surface area (Å²) >= 11 is 0. The number of aromatic nitrogens is 2. The van der Waals surface area contributed by atoms with Gasteiger partial charge in [-0.2, -0.15) is 5.10 Å². The highest BCUT2D eigenvalue weighted by molar-refractivity contribution is 6.03. The van der Waals surface area contributed by atoms with E-state index in [0.29, 0.717) is 30.4 Å². The van der Waals surface area contributed by atoms with Crippen LogP contribution in [0.25, 0.3) is 11.3 Å². The summed E-state index contributed by atoms with van der Waals surface area (Å²) in [6.45, 7) is 3.01. The number of amides is 1. The second-order valence-corrected chi connectivity index (χ2v) is 9.56. The van der Waals surface area contributed by atoms with Crippen LogP contribution in [0.5, 0.6) is 0 Å². The van der Waals surface area contributed by atoms with Crippen LogP contribution < -0.4 is 21.5 Å². The summed E-state index contributed by atoms with van der Waals surface area (Å²) in [5.41, 5.74) is 1.75. The lowest BCUT2D eigenvalue weighted by Gasteiger charge is -2.23. The summed E-state index contributed by atoms with van der Waals surface area (Å²) in [5, 5.41) is 13.7. The predicted octanol–water partition coefficient (Wildman–Crippen LogP) is 2.73. The van der Waals surface area contributed by atoms with Crippen molar-refractivity contribution in [3.63, 3.8) is 0 Å². The number of benzene rings is 2. The molecule has 3 aromatic rings. The number of carbonyl (C=O) groups excluding carboxylic acids is 1. The molecule has 0 unspecified atom stereocenters. The molecule has 39 heavy (non-hydrogen) atoms. The summed E-state index contributed by atoms with van der Waals surface area (Å²) in [6.07, 6.45) is 3.66. The molecule has 0 atom stereocenters. The van der Waals surface area contributed by atoms with E-state index in [9.17, 15) is 22.8 Å². The predicted molar refractivity (Wildman–Crippen MR) is 141 cm³/mol. The third kappa shape index (κ3) is 6.26. The molecule has 0 bridgehead atoms. The highest BCUT2D eigenvalue weighted by atomic mass is 19.2. The van der Waals surface area contributed by atoms with E-state index in [2.05, 4.69) is 26.0 Å². The molecule has 1 amide bonds. The van der Waals surface area contributed by atoms with Crippen LogP contribution in [-0.4, -0.2) is 47.7 Å². The van der Waals surface area contributed by atoms with E-state index < -0.39 is 23.0 Å². The van der Waals surface area contributed by atoms with E-state index in [1.807, 2.05) is 12.1 Å². The molecule has 2 aliphatic rings. The summed E-state index contributed by atoms with van der Waals surface area (Å²) in [5.74, 6) is -3.32. The van der Waals surface area contributed by atoms with Crippen LogP contribution in [0.2, 0.25) is 0 Å². The van der Waals surface area contributed by atoms with Crippen LogP contribution in [0.3, 0.4) is 0 Å². The number of hydrogen-bond donors (Lipinski definition) is 3. The van der Waals surface area contributed by atoms with Crippen LogP contribution in [0.4, 0.5) is 13.2 Å². The molecule has 5 rings (SSSR count). The fourth-order valence-electron chi connectivity index (χ4n) is 4.57. The summed E-state index contributed by atoms with van der Waals surface area (Å²) in [6, 6.07) is 11.5. The topological polar surface area (TPSA) is 100 Å². The maximum atomic E-state index is 13.7. The van der Waals surface area contributed by atoms with Crippen molar-refractivity contribution in [2.75, 3.05) is 26.2 Å². The lowest BCUT2D eigenvalue weighted by atomic mass is 9.98. The Morgan fingerprint density at radius 3 is 2.51 bits per heavy atom. The minimum atomic E-state index is -1.57. The van der Waals surface area contributed by atoms with Gasteiger partial charge in [0, 0.05) is 36.5 Å². The van der Waals surface area contributed by atoms with Crippen molar-refractivity contribution in [3.8, 4) is 11.3 Å². The van der Waals surface area contributed by atoms with E-state index in [1.54, 1.807) is 18.3 Å². The first-order valence-electron chi connectivity index (χ1n) is 12.7. The first-order chi connectivity index (χ1) is 18.9. The van der Waals surface area contributed by atoms with Gasteiger partial charge in [-0.15, -0.1) is 0 Å². The maximum absolute atomic E-state index is 13.7. The molecule has 2 aromatic carbocycles. The average Bonchev–Trinajstić information content (AvgIpc) is 2.96. The molecule has 8 nitrogen and oxygen atoms in total. The SMILES string of the molecule is O=C(NCC1CCNCC1)C1=CN=C(c2cccc(Cn3nc(-c4cc(F)c(F)c(F)c4)ccc3=O)c2)NC1. The second kappa shape index (κ2) is 11.6. The lowest BCUT2D eigenvalue weighted by Crippen LogP contribution is -2.39. The molecule has 1 fully saturated rings. The van der Waals surface area contributed by atoms with Crippen molar-refractivity contribution >= 4 is 11.7 Å². The third-order valence-corrected chi connectivity index (χ3v) is 6.78. The number of rotatable bonds is 7. The fourth-order valence-corrected chi connectivity index (χ4v) is 4.57. The molecule has 3 heterocycles. The second-order valence-electron chi connectivity index (χ2n) is 9.56. The van der Waals surface area contributed by atoms with Crippen molar-refractivity contribution in [1.82, 2.24) is 25.7 Å². The zero-order valence-electron chi connectivity index (χ0n) is 21.0. The van der Waals surface area contributed by atoms with Gasteiger partial charge in [-0.3, -0.25) is 9.59 Å². The molecule has 202 valence electrons. The molecule has 0 spiro atoms. The molecule has 0 radical (unpaired) electrons. The average molecular weight is 537 g/mol. The van der Waals surface area contributed by atoms with Crippen molar-refractivity contribution in [1.29, 1.82) is 0 Å². The molecule has 0 aliphatic carbocycles. The van der Waals surface area contributed by atoms with Crippen molar-refractivity contribution in [2.45, 2.75) is 19.4 Å². The normalized spacial score (nSPS) is 15.8. The summed E-state index contributed by atoms with van der Waals surface area (Å²) in [7, 11) is 0. The zero-order chi connectivity index (χ0) is 27.4. The van der Waals surface area contributed by atoms with Crippen LogP contribution in [0.15, 0.2) is 70.1 Å². The lowest BCUT2D eigenvalue weighted by molar-refractivity contribution is -0.117. The molecule has 0 saturated carbocycles. The van der Waals surface area contributed by atoms with Crippen molar-refractivity contribution in [2.24, 2.45) is 10.9 Å². The number of nitrogens with one attached hydrogen (secondary N) is 3. The number of carbonyl (C=O) groups is 1. The Bertz CT molecular complexity index is 1490. The van der Waals surface area contributed by atoms with Crippen molar-refractivity contribution in [3.05, 3.63) is 99.2 Å². The Kier molecular flexibility index (Phi) is 7.87. The maximum Gasteiger partial charge on any atom is 0.267 e. The van der Waals surface area contributed by atoms with E-state index in [-0.39, 0.29) is 23.7 Å². The Morgan fingerprint density at radius 1 is 1.03 bits per heavy atom. The molecule has 1 saturated heterocycles. The van der Waals surface area contributed by atoms with Crippen LogP contribution in [-0.2, 0) is 11.3 Å². The van der Waals surface area contributed by atoms with Gasteiger partial charge in [0.15, 0.2) is 17.5 Å². The van der Waals surface area contributed by atoms with Gasteiger partial charge in [0.25, 0.3) is 11.5 Å². The van der Waals surface area contributed by atoms with Crippen LogP contribution >= 0.6 is 0 Å². The van der Waals surface area contributed by atoms with Gasteiger partial charge in [-0.1, -0.05) is 18.2 Å². The number of nitrogens with zero attached hydrogens (tertiary/aromatic N) is 3. The smallest absolute Gasteiger partial charge is 0.267 e. The minimum absolute atomic E-state index is 0.0111. The van der Waals surface area contributed by atoms with Gasteiger partial charge in [0.1, 0.15) is 5.84 Å². The number of hydrogen-bond acceptors (Lipinski definition) is 6. The molecule has 11 heteroatoms. The number of amidine groups is 1. The largest absolute Gasteiger partial charge is 0.365 e. The number of piperidine rings is 1. The molecule has 2 aliphatic heterocycles. The molecular weight excluding hydrogens is 509 g/mol. The summed E-state index contributed by atoms with van der Waals surface area (Å²) < 4.78 is 41.9. The molecular formula is C28H27F3N6O2. The highest BCUT2D eigenvalue weighted by Crippen LogP contribution is 2.21. The van der Waals surface area contributed by atoms with Crippen LogP contribution in [0, 0.1) is 23.4 Å². The van der Waals surface area contributed by atoms with E-state index in [0.717, 1.165) is 53.9 Å². The molecule has 1 aromatic heterocycles. The first kappa shape index (κ1) is 26.4. The monoisotopic (exact) mass is 536 g/mol. The zero-order valence-corrected chi connectivity index (χ0v) is 21.0. The number of halogens is 3. The third-order valence-electron chi connectivity index (χ3n) is 6.78. The molecule has 3 N–H and O–H groups in total. The Labute approximate surface area is 222 Å². The minimum Gasteiger partial charge on any atom is -0.365 e. The Morgan fingerprint density at radius 2 is 1.79 bits per heavy atom. The highest BCUT2D eigenvalue weighted by Gasteiger charge is 2.18. The Hall–Kier alpha value is -4.25. The van der Waals surface area contributed by atoms with Gasteiger partial charge in [0.05, 0.1) is 17.8 Å². The van der Waals surface area contributed by atoms with Gasteiger partial charge in [-0.05, 0) is 61.7 Å². The van der Waals surface area contributed by atoms with Gasteiger partial charge in [-0.25, -0.2) is 22.8 Å². The Balaban J connectivity index is 1.29. The van der Waals surface area contributed by atoms with E-state index >= 15 is 0 Å². The standard InChI is InChI=1S/C28H27F3N6O2/c29-22-11-20(12-23(30)26(22)31)24-4-5-25(38)37(36-24)16-18-2-1-3-19(10-18)27-33-14-21(15-34-27)28(39)35-13-17-6-8-32-9-7-17/h1-5,10-12,14,17,32H,6-9,13,15-16H2,(H,33,34)(H,35,39).